The Labute approximate surface area is 230 Å². The van der Waals surface area contributed by atoms with Gasteiger partial charge in [-0.25, -0.2) is 5.43 Å². The molecular formula is C27H25Cl2N7O2. The van der Waals surface area contributed by atoms with E-state index in [0.29, 0.717) is 66.5 Å². The zero-order chi connectivity index (χ0) is 26.2. The van der Waals surface area contributed by atoms with Crippen LogP contribution in [0, 0.1) is 0 Å². The zero-order valence-corrected chi connectivity index (χ0v) is 21.9. The number of morpholine rings is 1. The van der Waals surface area contributed by atoms with E-state index in [-0.39, 0.29) is 0 Å². The van der Waals surface area contributed by atoms with Gasteiger partial charge in [-0.3, -0.25) is 0 Å². The zero-order valence-electron chi connectivity index (χ0n) is 20.3. The third-order valence-corrected chi connectivity index (χ3v) is 6.18. The van der Waals surface area contributed by atoms with Gasteiger partial charge in [0.05, 0.1) is 19.4 Å². The first-order valence-electron chi connectivity index (χ1n) is 12.0. The third kappa shape index (κ3) is 7.10. The Hall–Kier alpha value is -3.92. The summed E-state index contributed by atoms with van der Waals surface area (Å²) < 4.78 is 11.4. The van der Waals surface area contributed by atoms with Crippen LogP contribution in [-0.4, -0.2) is 47.5 Å². The predicted octanol–water partition coefficient (Wildman–Crippen LogP) is 5.78. The molecule has 3 aromatic carbocycles. The van der Waals surface area contributed by atoms with Crippen molar-refractivity contribution in [3.8, 4) is 5.75 Å². The van der Waals surface area contributed by atoms with Gasteiger partial charge in [0.2, 0.25) is 17.8 Å². The molecule has 0 aliphatic carbocycles. The maximum absolute atomic E-state index is 6.25. The monoisotopic (exact) mass is 549 g/mol. The van der Waals surface area contributed by atoms with Gasteiger partial charge in [-0.15, -0.1) is 0 Å². The van der Waals surface area contributed by atoms with Gasteiger partial charge < -0.3 is 19.7 Å². The number of nitrogens with one attached hydrogen (secondary N) is 2. The molecule has 1 aliphatic rings. The van der Waals surface area contributed by atoms with Crippen LogP contribution in [0.15, 0.2) is 77.9 Å². The van der Waals surface area contributed by atoms with Crippen LogP contribution in [0.2, 0.25) is 10.0 Å². The van der Waals surface area contributed by atoms with E-state index in [1.54, 1.807) is 18.3 Å². The third-order valence-electron chi connectivity index (χ3n) is 5.59. The van der Waals surface area contributed by atoms with Crippen molar-refractivity contribution >= 4 is 52.9 Å². The molecule has 4 aromatic rings. The standard InChI is InChI=1S/C27H25Cl2N7O2/c28-21-10-9-20(24(29)16-21)18-38-23-8-4-5-19(15-23)17-30-35-26-32-25(31-22-6-2-1-3-7-22)33-27(34-26)36-11-13-37-14-12-36/h1-10,15-17H,11-14,18H2,(H2,31,32,33,34,35). The van der Waals surface area contributed by atoms with Crippen molar-refractivity contribution in [1.29, 1.82) is 0 Å². The fourth-order valence-electron chi connectivity index (χ4n) is 3.68. The summed E-state index contributed by atoms with van der Waals surface area (Å²) >= 11 is 12.2. The second-order valence-electron chi connectivity index (χ2n) is 8.34. The molecular weight excluding hydrogens is 525 g/mol. The van der Waals surface area contributed by atoms with E-state index in [1.165, 1.54) is 0 Å². The number of nitrogens with zero attached hydrogens (tertiary/aromatic N) is 5. The molecule has 0 atom stereocenters. The average Bonchev–Trinajstić information content (AvgIpc) is 2.94. The van der Waals surface area contributed by atoms with Gasteiger partial charge in [-0.05, 0) is 42.0 Å². The quantitative estimate of drug-likeness (QED) is 0.200. The molecule has 0 saturated carbocycles. The van der Waals surface area contributed by atoms with Crippen molar-refractivity contribution in [3.63, 3.8) is 0 Å². The second-order valence-corrected chi connectivity index (χ2v) is 9.18. The van der Waals surface area contributed by atoms with Crippen LogP contribution >= 0.6 is 23.2 Å². The highest BCUT2D eigenvalue weighted by Crippen LogP contribution is 2.23. The number of hydrogen-bond donors (Lipinski definition) is 2. The topological polar surface area (TPSA) is 96.8 Å². The largest absolute Gasteiger partial charge is 0.489 e. The van der Waals surface area contributed by atoms with E-state index in [1.807, 2.05) is 60.7 Å². The fourth-order valence-corrected chi connectivity index (χ4v) is 4.14. The van der Waals surface area contributed by atoms with Crippen LogP contribution in [0.4, 0.5) is 23.5 Å². The van der Waals surface area contributed by atoms with Crippen LogP contribution in [-0.2, 0) is 11.3 Å². The smallest absolute Gasteiger partial charge is 0.250 e. The molecule has 1 saturated heterocycles. The van der Waals surface area contributed by atoms with Gasteiger partial charge in [0.15, 0.2) is 0 Å². The number of hydrazone groups is 1. The molecule has 1 aliphatic heterocycles. The van der Waals surface area contributed by atoms with Crippen LogP contribution < -0.4 is 20.4 Å². The summed E-state index contributed by atoms with van der Waals surface area (Å²) in [7, 11) is 0. The van der Waals surface area contributed by atoms with E-state index in [9.17, 15) is 0 Å². The Kier molecular flexibility index (Phi) is 8.49. The minimum absolute atomic E-state index is 0.320. The lowest BCUT2D eigenvalue weighted by molar-refractivity contribution is 0.122. The number of halogens is 2. The normalized spacial score (nSPS) is 13.5. The molecule has 2 heterocycles. The number of anilines is 4. The average molecular weight is 550 g/mol. The molecule has 38 heavy (non-hydrogen) atoms. The first-order chi connectivity index (χ1) is 18.6. The Morgan fingerprint density at radius 2 is 1.74 bits per heavy atom. The Bertz CT molecular complexity index is 1400. The van der Waals surface area contributed by atoms with E-state index in [2.05, 4.69) is 35.7 Å². The minimum atomic E-state index is 0.320. The number of rotatable bonds is 9. The predicted molar refractivity (Wildman–Crippen MR) is 151 cm³/mol. The molecule has 9 nitrogen and oxygen atoms in total. The van der Waals surface area contributed by atoms with Crippen LogP contribution in [0.25, 0.3) is 0 Å². The lowest BCUT2D eigenvalue weighted by atomic mass is 10.2. The van der Waals surface area contributed by atoms with E-state index in [4.69, 9.17) is 32.7 Å². The summed E-state index contributed by atoms with van der Waals surface area (Å²) in [5.74, 6) is 1.97. The second kappa shape index (κ2) is 12.6. The SMILES string of the molecule is Clc1ccc(COc2cccc(C=NNc3nc(Nc4ccccc4)nc(N4CCOCC4)n3)c2)c(Cl)c1. The van der Waals surface area contributed by atoms with Gasteiger partial charge in [0.25, 0.3) is 0 Å². The van der Waals surface area contributed by atoms with Crippen LogP contribution in [0.5, 0.6) is 5.75 Å². The van der Waals surface area contributed by atoms with Gasteiger partial charge in [-0.2, -0.15) is 20.1 Å². The highest BCUT2D eigenvalue weighted by atomic mass is 35.5. The van der Waals surface area contributed by atoms with Crippen molar-refractivity contribution in [2.75, 3.05) is 41.9 Å². The summed E-state index contributed by atoms with van der Waals surface area (Å²) in [4.78, 5) is 15.7. The first-order valence-corrected chi connectivity index (χ1v) is 12.7. The van der Waals surface area contributed by atoms with Gasteiger partial charge >= 0.3 is 0 Å². The number of hydrogen-bond acceptors (Lipinski definition) is 9. The lowest BCUT2D eigenvalue weighted by Crippen LogP contribution is -2.37. The Morgan fingerprint density at radius 3 is 2.55 bits per heavy atom. The molecule has 0 radical (unpaired) electrons. The lowest BCUT2D eigenvalue weighted by Gasteiger charge is -2.27. The summed E-state index contributed by atoms with van der Waals surface area (Å²) in [6.07, 6.45) is 1.67. The van der Waals surface area contributed by atoms with Gasteiger partial charge in [0, 0.05) is 34.4 Å². The molecule has 1 aromatic heterocycles. The molecule has 0 spiro atoms. The maximum atomic E-state index is 6.25. The fraction of sp³-hybridized carbons (Fsp3) is 0.185. The van der Waals surface area contributed by atoms with Crippen molar-refractivity contribution in [2.24, 2.45) is 5.10 Å². The number of para-hydroxylation sites is 1. The molecule has 11 heteroatoms. The van der Waals surface area contributed by atoms with E-state index < -0.39 is 0 Å². The highest BCUT2D eigenvalue weighted by molar-refractivity contribution is 6.35. The maximum Gasteiger partial charge on any atom is 0.250 e. The number of ether oxygens (including phenoxy) is 2. The minimum Gasteiger partial charge on any atom is -0.489 e. The van der Waals surface area contributed by atoms with E-state index >= 15 is 0 Å². The van der Waals surface area contributed by atoms with Crippen molar-refractivity contribution in [3.05, 3.63) is 94.0 Å². The summed E-state index contributed by atoms with van der Waals surface area (Å²) in [6, 6.07) is 22.6. The first kappa shape index (κ1) is 25.7. The molecule has 0 unspecified atom stereocenters. The van der Waals surface area contributed by atoms with E-state index in [0.717, 1.165) is 16.8 Å². The Balaban J connectivity index is 1.28. The molecule has 2 N–H and O–H groups in total. The molecule has 0 bridgehead atoms. The van der Waals surface area contributed by atoms with Crippen molar-refractivity contribution < 1.29 is 9.47 Å². The van der Waals surface area contributed by atoms with Gasteiger partial charge in [0.1, 0.15) is 12.4 Å². The summed E-state index contributed by atoms with van der Waals surface area (Å²) in [5, 5.41) is 8.72. The number of aromatic nitrogens is 3. The van der Waals surface area contributed by atoms with Gasteiger partial charge in [-0.1, -0.05) is 59.6 Å². The molecule has 5 rings (SSSR count). The number of benzene rings is 3. The summed E-state index contributed by atoms with van der Waals surface area (Å²) in [6.45, 7) is 2.96. The van der Waals surface area contributed by atoms with Crippen LogP contribution in [0.3, 0.4) is 0 Å². The molecule has 194 valence electrons. The molecule has 0 amide bonds. The van der Waals surface area contributed by atoms with Crippen molar-refractivity contribution in [1.82, 2.24) is 15.0 Å². The van der Waals surface area contributed by atoms with Crippen LogP contribution in [0.1, 0.15) is 11.1 Å². The molecule has 1 fully saturated rings. The highest BCUT2D eigenvalue weighted by Gasteiger charge is 2.16. The van der Waals surface area contributed by atoms with Crippen molar-refractivity contribution in [2.45, 2.75) is 6.61 Å². The Morgan fingerprint density at radius 1 is 0.921 bits per heavy atom. The summed E-state index contributed by atoms with van der Waals surface area (Å²) in [5.41, 5.74) is 5.49.